The summed E-state index contributed by atoms with van der Waals surface area (Å²) in [6, 6.07) is 0. The lowest BCUT2D eigenvalue weighted by atomic mass is 9.47. The number of hydrogen-bond donors (Lipinski definition) is 0. The Morgan fingerprint density at radius 1 is 0.793 bits per heavy atom. The largest absolute Gasteiger partial charge is 0.347 e. The summed E-state index contributed by atoms with van der Waals surface area (Å²) >= 11 is 0. The summed E-state index contributed by atoms with van der Waals surface area (Å²) in [5, 5.41) is 0. The summed E-state index contributed by atoms with van der Waals surface area (Å²) in [5.41, 5.74) is 2.15. The molecule has 164 valence electrons. The molecule has 5 atom stereocenters. The van der Waals surface area contributed by atoms with E-state index in [0.717, 1.165) is 63.4 Å². The zero-order chi connectivity index (χ0) is 20.3. The highest BCUT2D eigenvalue weighted by atomic mass is 16.7. The van der Waals surface area contributed by atoms with Crippen LogP contribution in [0.25, 0.3) is 0 Å². The summed E-state index contributed by atoms with van der Waals surface area (Å²) in [4.78, 5) is 0. The van der Waals surface area contributed by atoms with Gasteiger partial charge in [0.1, 0.15) is 0 Å². The molecule has 29 heavy (non-hydrogen) atoms. The van der Waals surface area contributed by atoms with E-state index in [0.29, 0.717) is 5.41 Å². The smallest absolute Gasteiger partial charge is 0.174 e. The van der Waals surface area contributed by atoms with Crippen LogP contribution in [0.3, 0.4) is 0 Å². The van der Waals surface area contributed by atoms with Gasteiger partial charge in [-0.15, -0.1) is 0 Å². The van der Waals surface area contributed by atoms with Crippen LogP contribution in [0, 0.1) is 28.6 Å². The molecule has 0 bridgehead atoms. The van der Waals surface area contributed by atoms with E-state index in [2.05, 4.69) is 19.9 Å². The van der Waals surface area contributed by atoms with Crippen LogP contribution in [0.15, 0.2) is 11.6 Å². The second-order valence-corrected chi connectivity index (χ2v) is 10.5. The third kappa shape index (κ3) is 2.71. The molecule has 6 aliphatic rings. The minimum atomic E-state index is -0.301. The molecule has 2 spiro atoms. The van der Waals surface area contributed by atoms with Gasteiger partial charge in [0.2, 0.25) is 0 Å². The summed E-state index contributed by atoms with van der Waals surface area (Å²) in [6.07, 6.45) is 12.0. The van der Waals surface area contributed by atoms with Gasteiger partial charge < -0.3 is 18.9 Å². The van der Waals surface area contributed by atoms with E-state index in [-0.39, 0.29) is 17.0 Å². The highest BCUT2D eigenvalue weighted by Crippen LogP contribution is 2.69. The molecule has 4 heteroatoms. The van der Waals surface area contributed by atoms with Crippen molar-refractivity contribution >= 4 is 0 Å². The fourth-order valence-corrected chi connectivity index (χ4v) is 8.23. The van der Waals surface area contributed by atoms with Crippen LogP contribution in [-0.2, 0) is 18.9 Å². The van der Waals surface area contributed by atoms with Crippen molar-refractivity contribution in [3.8, 4) is 0 Å². The monoisotopic (exact) mass is 404 g/mol. The number of allylic oxidation sites excluding steroid dienone is 1. The second kappa shape index (κ2) is 7.05. The Morgan fingerprint density at radius 2 is 1.45 bits per heavy atom. The van der Waals surface area contributed by atoms with Crippen molar-refractivity contribution in [2.75, 3.05) is 26.4 Å². The van der Waals surface area contributed by atoms with Crippen molar-refractivity contribution < 1.29 is 18.9 Å². The van der Waals surface area contributed by atoms with Crippen LogP contribution in [-0.4, -0.2) is 38.0 Å². The SMILES string of the molecule is CC.CC12CCC3(CC1=CCC1C2CCC2(C)C1CCC21OCCO1)OCCO3. The van der Waals surface area contributed by atoms with Gasteiger partial charge in [0.15, 0.2) is 11.6 Å². The first-order valence-corrected chi connectivity index (χ1v) is 12.3. The van der Waals surface area contributed by atoms with E-state index in [1.165, 1.54) is 32.1 Å². The maximum absolute atomic E-state index is 6.28. The molecular formula is C25H40O4. The van der Waals surface area contributed by atoms with E-state index in [9.17, 15) is 0 Å². The number of rotatable bonds is 0. The predicted molar refractivity (Wildman–Crippen MR) is 112 cm³/mol. The van der Waals surface area contributed by atoms with Crippen molar-refractivity contribution in [2.45, 2.75) is 90.6 Å². The summed E-state index contributed by atoms with van der Waals surface area (Å²) in [5.74, 6) is 1.73. The lowest BCUT2D eigenvalue weighted by Crippen LogP contribution is -2.55. The first kappa shape index (κ1) is 20.5. The van der Waals surface area contributed by atoms with Crippen molar-refractivity contribution in [1.82, 2.24) is 0 Å². The van der Waals surface area contributed by atoms with E-state index in [1.54, 1.807) is 5.57 Å². The number of fused-ring (bicyclic) bond motifs is 6. The number of ether oxygens (including phenoxy) is 4. The summed E-state index contributed by atoms with van der Waals surface area (Å²) < 4.78 is 24.7. The van der Waals surface area contributed by atoms with Crippen LogP contribution in [0.4, 0.5) is 0 Å². The van der Waals surface area contributed by atoms with E-state index in [1.807, 2.05) is 13.8 Å². The fourth-order valence-electron chi connectivity index (χ4n) is 8.23. The molecule has 0 radical (unpaired) electrons. The van der Waals surface area contributed by atoms with Crippen molar-refractivity contribution in [3.63, 3.8) is 0 Å². The molecule has 4 aliphatic carbocycles. The first-order valence-electron chi connectivity index (χ1n) is 12.3. The molecule has 6 rings (SSSR count). The molecule has 2 aliphatic heterocycles. The van der Waals surface area contributed by atoms with E-state index in [4.69, 9.17) is 18.9 Å². The molecular weight excluding hydrogens is 364 g/mol. The van der Waals surface area contributed by atoms with E-state index < -0.39 is 0 Å². The van der Waals surface area contributed by atoms with Crippen LogP contribution in [0.1, 0.15) is 79.1 Å². The van der Waals surface area contributed by atoms with Gasteiger partial charge in [-0.2, -0.15) is 0 Å². The Morgan fingerprint density at radius 3 is 2.17 bits per heavy atom. The fraction of sp³-hybridized carbons (Fsp3) is 0.920. The molecule has 2 heterocycles. The highest BCUT2D eigenvalue weighted by molar-refractivity contribution is 5.27. The van der Waals surface area contributed by atoms with Crippen molar-refractivity contribution in [2.24, 2.45) is 28.6 Å². The van der Waals surface area contributed by atoms with Gasteiger partial charge in [-0.3, -0.25) is 0 Å². The van der Waals surface area contributed by atoms with E-state index >= 15 is 0 Å². The third-order valence-electron chi connectivity index (χ3n) is 9.72. The highest BCUT2D eigenvalue weighted by Gasteiger charge is 2.67. The molecule has 5 unspecified atom stereocenters. The molecule has 0 aromatic carbocycles. The maximum atomic E-state index is 6.28. The van der Waals surface area contributed by atoms with Crippen LogP contribution >= 0.6 is 0 Å². The molecule has 0 amide bonds. The maximum Gasteiger partial charge on any atom is 0.174 e. The van der Waals surface area contributed by atoms with Gasteiger partial charge >= 0.3 is 0 Å². The molecule has 0 N–H and O–H groups in total. The molecule has 3 saturated carbocycles. The lowest BCUT2D eigenvalue weighted by molar-refractivity contribution is -0.243. The zero-order valence-corrected chi connectivity index (χ0v) is 18.9. The molecule has 0 aromatic rings. The van der Waals surface area contributed by atoms with Crippen molar-refractivity contribution in [1.29, 1.82) is 0 Å². The average Bonchev–Trinajstić information content (AvgIpc) is 3.46. The Kier molecular flexibility index (Phi) is 4.98. The van der Waals surface area contributed by atoms with Gasteiger partial charge in [-0.05, 0) is 55.3 Å². The second-order valence-electron chi connectivity index (χ2n) is 10.5. The molecule has 5 fully saturated rings. The normalized spacial score (nSPS) is 46.5. The minimum absolute atomic E-state index is 0.194. The predicted octanol–water partition coefficient (Wildman–Crippen LogP) is 5.46. The van der Waals surface area contributed by atoms with Crippen LogP contribution in [0.5, 0.6) is 0 Å². The van der Waals surface area contributed by atoms with Crippen molar-refractivity contribution in [3.05, 3.63) is 11.6 Å². The van der Waals surface area contributed by atoms with Crippen LogP contribution in [0.2, 0.25) is 0 Å². The Bertz CT molecular complexity index is 660. The van der Waals surface area contributed by atoms with Gasteiger partial charge in [0.25, 0.3) is 0 Å². The average molecular weight is 405 g/mol. The Balaban J connectivity index is 0.000000882. The first-order chi connectivity index (χ1) is 14.0. The topological polar surface area (TPSA) is 36.9 Å². The zero-order valence-electron chi connectivity index (χ0n) is 18.9. The number of hydrogen-bond acceptors (Lipinski definition) is 4. The standard InChI is InChI=1S/C23H34O4.C2H6/c1-20-9-10-22(24-11-12-25-22)15-16(20)3-4-17-18(20)5-7-21(2)19(17)6-8-23(21)26-13-14-27-23;1-2/h3,17-19H,4-15H2,1-2H3;1-2H3. The van der Waals surface area contributed by atoms with Gasteiger partial charge in [0, 0.05) is 24.7 Å². The summed E-state index contributed by atoms with van der Waals surface area (Å²) in [7, 11) is 0. The Labute approximate surface area is 176 Å². The van der Waals surface area contributed by atoms with Gasteiger partial charge in [-0.1, -0.05) is 39.3 Å². The molecule has 4 nitrogen and oxygen atoms in total. The lowest BCUT2D eigenvalue weighted by Gasteiger charge is -2.59. The Hall–Kier alpha value is -0.420. The third-order valence-corrected chi connectivity index (χ3v) is 9.72. The molecule has 2 saturated heterocycles. The minimum Gasteiger partial charge on any atom is -0.347 e. The molecule has 0 aromatic heterocycles. The van der Waals surface area contributed by atoms with Crippen LogP contribution < -0.4 is 0 Å². The summed E-state index contributed by atoms with van der Waals surface area (Å²) in [6.45, 7) is 12.1. The van der Waals surface area contributed by atoms with Gasteiger partial charge in [-0.25, -0.2) is 0 Å². The quantitative estimate of drug-likeness (QED) is 0.502. The van der Waals surface area contributed by atoms with Gasteiger partial charge in [0.05, 0.1) is 26.4 Å².